The molecule has 1 aliphatic heterocycles. The van der Waals surface area contributed by atoms with Gasteiger partial charge in [-0.15, -0.1) is 0 Å². The minimum absolute atomic E-state index is 0.0350. The number of nitrogens with zero attached hydrogens (tertiary/aromatic N) is 4. The van der Waals surface area contributed by atoms with Crippen molar-refractivity contribution in [2.75, 3.05) is 43.5 Å². The molecule has 3 rings (SSSR count). The Labute approximate surface area is 313 Å². The summed E-state index contributed by atoms with van der Waals surface area (Å²) in [7, 11) is -16.3. The van der Waals surface area contributed by atoms with Gasteiger partial charge in [-0.3, -0.25) is 27.7 Å². The number of hydrogen-bond acceptors (Lipinski definition) is 18. The van der Waals surface area contributed by atoms with Crippen molar-refractivity contribution in [3.63, 3.8) is 0 Å². The van der Waals surface area contributed by atoms with E-state index in [1.165, 1.54) is 13.8 Å². The van der Waals surface area contributed by atoms with E-state index in [1.54, 1.807) is 11.8 Å². The van der Waals surface area contributed by atoms with Gasteiger partial charge < -0.3 is 56.0 Å². The van der Waals surface area contributed by atoms with Crippen molar-refractivity contribution in [3.8, 4) is 0 Å². The van der Waals surface area contributed by atoms with Crippen LogP contribution in [0.4, 0.5) is 5.82 Å². The van der Waals surface area contributed by atoms with E-state index in [-0.39, 0.29) is 42.0 Å². The molecule has 2 amide bonds. The van der Waals surface area contributed by atoms with Crippen molar-refractivity contribution in [3.05, 3.63) is 12.7 Å². The number of carbonyl (C=O) groups excluding carboxylic acids is 2. The molecule has 0 radical (unpaired) electrons. The van der Waals surface area contributed by atoms with Gasteiger partial charge in [0.2, 0.25) is 11.8 Å². The third kappa shape index (κ3) is 14.1. The molecule has 2 aromatic heterocycles. The number of aliphatic hydroxyl groups is 3. The summed E-state index contributed by atoms with van der Waals surface area (Å²) in [5, 5.41) is 36.0. The Balaban J connectivity index is 1.49. The second-order valence-corrected chi connectivity index (χ2v) is 18.0. The molecule has 0 spiro atoms. The van der Waals surface area contributed by atoms with Gasteiger partial charge >= 0.3 is 23.5 Å². The predicted molar refractivity (Wildman–Crippen MR) is 188 cm³/mol. The number of hydrogen-bond donors (Lipinski definition) is 10. The molecule has 0 saturated carbocycles. The highest BCUT2D eigenvalue weighted by atomic mass is 32.2. The van der Waals surface area contributed by atoms with Crippen molar-refractivity contribution in [1.29, 1.82) is 0 Å². The third-order valence-electron chi connectivity index (χ3n) is 7.71. The Morgan fingerprint density at radius 1 is 1.06 bits per heavy atom. The summed E-state index contributed by atoms with van der Waals surface area (Å²) in [5.74, 6) is 0.0251. The molecule has 1 saturated heterocycles. The fourth-order valence-corrected chi connectivity index (χ4v) is 8.45. The molecule has 24 nitrogen and oxygen atoms in total. The van der Waals surface area contributed by atoms with Gasteiger partial charge in [-0.05, 0) is 18.6 Å². The Bertz CT molecular complexity index is 1720. The summed E-state index contributed by atoms with van der Waals surface area (Å²) < 4.78 is 62.0. The average molecular weight is 854 g/mol. The number of nitrogens with two attached hydrogens (primary N) is 1. The van der Waals surface area contributed by atoms with Crippen LogP contribution in [0.5, 0.6) is 0 Å². The molecular weight excluding hydrogens is 807 g/mol. The first-order chi connectivity index (χ1) is 25.1. The summed E-state index contributed by atoms with van der Waals surface area (Å²) in [6.45, 7) is 2.65. The normalized spacial score (nSPS) is 22.7. The zero-order valence-electron chi connectivity index (χ0n) is 29.3. The minimum Gasteiger partial charge on any atom is -0.393 e. The smallest absolute Gasteiger partial charge is 0.393 e. The average Bonchev–Trinajstić information content (AvgIpc) is 3.64. The van der Waals surface area contributed by atoms with Gasteiger partial charge in [-0.2, -0.15) is 16.1 Å². The summed E-state index contributed by atoms with van der Waals surface area (Å²) in [6, 6.07) is 0. The number of aliphatic hydroxyl groups excluding tert-OH is 3. The van der Waals surface area contributed by atoms with Crippen molar-refractivity contribution >= 4 is 64.0 Å². The molecule has 2 aromatic rings. The maximum atomic E-state index is 12.7. The van der Waals surface area contributed by atoms with Gasteiger partial charge in [0.25, 0.3) is 0 Å². The second-order valence-electron chi connectivity index (χ2n) is 12.5. The monoisotopic (exact) mass is 853 g/mol. The van der Waals surface area contributed by atoms with Crippen LogP contribution in [0.3, 0.4) is 0 Å². The van der Waals surface area contributed by atoms with Gasteiger partial charge in [0.1, 0.15) is 36.3 Å². The number of aromatic nitrogens is 4. The second kappa shape index (κ2) is 19.8. The van der Waals surface area contributed by atoms with E-state index in [0.29, 0.717) is 25.1 Å². The van der Waals surface area contributed by atoms with Crippen LogP contribution in [-0.2, 0) is 45.9 Å². The molecule has 0 aliphatic carbocycles. The molecule has 1 fully saturated rings. The van der Waals surface area contributed by atoms with Crippen LogP contribution in [0.15, 0.2) is 12.7 Å². The highest BCUT2D eigenvalue weighted by molar-refractivity contribution is 7.99. The van der Waals surface area contributed by atoms with Gasteiger partial charge in [-0.25, -0.2) is 28.6 Å². The van der Waals surface area contributed by atoms with Crippen molar-refractivity contribution in [1.82, 2.24) is 30.2 Å². The standard InChI is InChI=1S/C26H46N7O17P3S/c1-4-15(34)6-9-54-10-8-28-17(35)5-7-29-24(38)21(37)26(2,3)12-47-53(44,45)50-52(42,43)46-11-16-20(49-51(39,40)41)19(36)25(48-16)33-14-32-18-22(27)30-13-31-23(18)33/h13-16,19-21,25,34,36-37H,4-12H2,1-3H3,(H,28,35)(H,29,38)(H,42,43)(H,44,45)(H2,27,30,31)(H2,39,40,41)/t15?,16-,19-,20-,21+,25-/m1/s1. The summed E-state index contributed by atoms with van der Waals surface area (Å²) in [4.78, 5) is 75.4. The predicted octanol–water partition coefficient (Wildman–Crippen LogP) is -0.701. The van der Waals surface area contributed by atoms with Crippen molar-refractivity contribution in [2.24, 2.45) is 5.41 Å². The molecule has 11 N–H and O–H groups in total. The van der Waals surface area contributed by atoms with E-state index >= 15 is 0 Å². The number of anilines is 1. The first-order valence-electron chi connectivity index (χ1n) is 16.2. The largest absolute Gasteiger partial charge is 0.481 e. The number of imidazole rings is 1. The Kier molecular flexibility index (Phi) is 17.0. The molecule has 1 aliphatic rings. The zero-order chi connectivity index (χ0) is 40.5. The number of nitrogens with one attached hydrogen (secondary N) is 2. The maximum Gasteiger partial charge on any atom is 0.481 e. The molecular formula is C26H46N7O17P3S. The molecule has 54 heavy (non-hydrogen) atoms. The minimum atomic E-state index is -5.55. The van der Waals surface area contributed by atoms with Crippen LogP contribution in [0.1, 0.15) is 46.3 Å². The lowest BCUT2D eigenvalue weighted by Crippen LogP contribution is -2.46. The van der Waals surface area contributed by atoms with E-state index in [0.717, 1.165) is 23.0 Å². The van der Waals surface area contributed by atoms with Gasteiger partial charge in [0.05, 0.1) is 25.6 Å². The van der Waals surface area contributed by atoms with Gasteiger partial charge in [-0.1, -0.05) is 20.8 Å². The quantitative estimate of drug-likeness (QED) is 0.0488. The topological polar surface area (TPSA) is 367 Å². The number of ether oxygens (including phenoxy) is 1. The number of fused-ring (bicyclic) bond motifs is 1. The fourth-order valence-electron chi connectivity index (χ4n) is 4.73. The number of nitrogen functional groups attached to an aromatic ring is 1. The van der Waals surface area contributed by atoms with E-state index in [2.05, 4.69) is 34.4 Å². The lowest BCUT2D eigenvalue weighted by Gasteiger charge is -2.30. The molecule has 308 valence electrons. The van der Waals surface area contributed by atoms with Crippen LogP contribution >= 0.6 is 35.2 Å². The van der Waals surface area contributed by atoms with E-state index in [9.17, 15) is 58.2 Å². The molecule has 3 heterocycles. The molecule has 3 unspecified atom stereocenters. The van der Waals surface area contributed by atoms with Gasteiger partial charge in [0, 0.05) is 30.7 Å². The SMILES string of the molecule is CCC(O)CCSCCNC(=O)CCNC(=O)[C@H](O)C(C)(C)COP(=O)(O)OP(=O)(O)OC[C@H]1O[C@@H](n2cnc3c(N)ncnc32)[C@H](O)[C@@H]1OP(=O)(O)O. The van der Waals surface area contributed by atoms with E-state index in [1.807, 2.05) is 6.92 Å². The zero-order valence-corrected chi connectivity index (χ0v) is 32.8. The third-order valence-corrected chi connectivity index (χ3v) is 11.8. The van der Waals surface area contributed by atoms with Gasteiger partial charge in [0.15, 0.2) is 17.7 Å². The van der Waals surface area contributed by atoms with Crippen LogP contribution in [0.2, 0.25) is 0 Å². The van der Waals surface area contributed by atoms with E-state index < -0.39 is 78.6 Å². The Morgan fingerprint density at radius 3 is 2.41 bits per heavy atom. The summed E-state index contributed by atoms with van der Waals surface area (Å²) >= 11 is 1.57. The summed E-state index contributed by atoms with van der Waals surface area (Å²) in [5.41, 5.74) is 4.29. The first-order valence-corrected chi connectivity index (χ1v) is 21.9. The van der Waals surface area contributed by atoms with E-state index in [4.69, 9.17) is 19.5 Å². The summed E-state index contributed by atoms with van der Waals surface area (Å²) in [6.07, 6.45) is -5.83. The highest BCUT2D eigenvalue weighted by Crippen LogP contribution is 2.61. The van der Waals surface area contributed by atoms with Crippen LogP contribution in [-0.4, -0.2) is 135 Å². The molecule has 0 bridgehead atoms. The number of carbonyl (C=O) groups is 2. The molecule has 8 atom stereocenters. The fraction of sp³-hybridized carbons (Fsp3) is 0.731. The number of rotatable bonds is 23. The molecule has 28 heteroatoms. The Hall–Kier alpha value is -2.15. The number of thioether (sulfide) groups is 1. The van der Waals surface area contributed by atoms with Crippen LogP contribution < -0.4 is 16.4 Å². The number of phosphoric ester groups is 3. The first kappa shape index (κ1) is 46.2. The molecule has 0 aromatic carbocycles. The number of amides is 2. The maximum absolute atomic E-state index is 12.7. The number of phosphoric acid groups is 3. The lowest BCUT2D eigenvalue weighted by atomic mass is 9.87. The van der Waals surface area contributed by atoms with Crippen molar-refractivity contribution < 1.29 is 80.8 Å². The van der Waals surface area contributed by atoms with Crippen LogP contribution in [0.25, 0.3) is 11.2 Å². The highest BCUT2D eigenvalue weighted by Gasteiger charge is 2.50. The Morgan fingerprint density at radius 2 is 1.74 bits per heavy atom. The lowest BCUT2D eigenvalue weighted by molar-refractivity contribution is -0.137. The van der Waals surface area contributed by atoms with Crippen molar-refractivity contribution in [2.45, 2.75) is 76.8 Å². The van der Waals surface area contributed by atoms with Crippen LogP contribution in [0, 0.1) is 5.41 Å².